The van der Waals surface area contributed by atoms with Crippen molar-refractivity contribution < 1.29 is 4.79 Å². The zero-order valence-electron chi connectivity index (χ0n) is 10.8. The van der Waals surface area contributed by atoms with Gasteiger partial charge in [0.15, 0.2) is 0 Å². The molecule has 1 N–H and O–H groups in total. The van der Waals surface area contributed by atoms with Crippen molar-refractivity contribution in [3.05, 3.63) is 29.3 Å². The second-order valence-electron chi connectivity index (χ2n) is 4.94. The Hall–Kier alpha value is -1.51. The predicted octanol–water partition coefficient (Wildman–Crippen LogP) is 2.06. The molecule has 0 saturated carbocycles. The number of nitrogens with one attached hydrogen (secondary N) is 1. The van der Waals surface area contributed by atoms with E-state index in [2.05, 4.69) is 23.5 Å². The molecule has 0 bridgehead atoms. The van der Waals surface area contributed by atoms with Gasteiger partial charge in [0.05, 0.1) is 0 Å². The van der Waals surface area contributed by atoms with Gasteiger partial charge in [-0.1, -0.05) is 6.07 Å². The van der Waals surface area contributed by atoms with E-state index in [4.69, 9.17) is 0 Å². The van der Waals surface area contributed by atoms with Crippen LogP contribution in [0.3, 0.4) is 0 Å². The highest BCUT2D eigenvalue weighted by molar-refractivity contribution is 5.83. The Morgan fingerprint density at radius 3 is 2.71 bits per heavy atom. The van der Waals surface area contributed by atoms with Gasteiger partial charge in [-0.3, -0.25) is 4.79 Å². The summed E-state index contributed by atoms with van der Waals surface area (Å²) in [7, 11) is 3.56. The third-order valence-corrected chi connectivity index (χ3v) is 3.29. The Morgan fingerprint density at radius 2 is 2.00 bits per heavy atom. The van der Waals surface area contributed by atoms with E-state index in [1.165, 1.54) is 30.4 Å². The molecule has 0 spiro atoms. The molecule has 0 saturated heterocycles. The minimum atomic E-state index is -0.176. The van der Waals surface area contributed by atoms with Gasteiger partial charge >= 0.3 is 0 Å². The first kappa shape index (κ1) is 12.0. The van der Waals surface area contributed by atoms with Gasteiger partial charge in [-0.05, 0) is 49.4 Å². The highest BCUT2D eigenvalue weighted by atomic mass is 16.2. The quantitative estimate of drug-likeness (QED) is 0.865. The van der Waals surface area contributed by atoms with Crippen LogP contribution < -0.4 is 5.32 Å². The number of benzene rings is 1. The predicted molar refractivity (Wildman–Crippen MR) is 70.2 cm³/mol. The van der Waals surface area contributed by atoms with Crippen LogP contribution in [0.1, 0.15) is 24.5 Å². The standard InChI is InChI=1S/C14H20N2O/c1-10(14(17)16(2)3)15-13-8-7-11-5-4-6-12(11)9-13/h7-10,15H,4-6H2,1-3H3. The molecule has 0 aromatic heterocycles. The second-order valence-corrected chi connectivity index (χ2v) is 4.94. The van der Waals surface area contributed by atoms with Crippen LogP contribution in [-0.4, -0.2) is 30.9 Å². The van der Waals surface area contributed by atoms with Crippen molar-refractivity contribution in [2.45, 2.75) is 32.2 Å². The smallest absolute Gasteiger partial charge is 0.244 e. The molecule has 1 aromatic rings. The molecule has 1 aliphatic carbocycles. The lowest BCUT2D eigenvalue weighted by molar-refractivity contribution is -0.129. The molecule has 0 heterocycles. The van der Waals surface area contributed by atoms with Crippen LogP contribution in [0.25, 0.3) is 0 Å². The van der Waals surface area contributed by atoms with Crippen LogP contribution in [-0.2, 0) is 17.6 Å². The third kappa shape index (κ3) is 2.60. The maximum absolute atomic E-state index is 11.7. The number of nitrogens with zero attached hydrogens (tertiary/aromatic N) is 1. The van der Waals surface area contributed by atoms with Crippen LogP contribution in [0.4, 0.5) is 5.69 Å². The molecule has 2 rings (SSSR count). The first-order valence-electron chi connectivity index (χ1n) is 6.17. The number of hydrogen-bond acceptors (Lipinski definition) is 2. The molecule has 3 nitrogen and oxygen atoms in total. The van der Waals surface area contributed by atoms with Gasteiger partial charge in [0, 0.05) is 19.8 Å². The van der Waals surface area contributed by atoms with E-state index >= 15 is 0 Å². The number of fused-ring (bicyclic) bond motifs is 1. The first-order valence-corrected chi connectivity index (χ1v) is 6.17. The topological polar surface area (TPSA) is 32.3 Å². The molecule has 3 heteroatoms. The summed E-state index contributed by atoms with van der Waals surface area (Å²) in [5.74, 6) is 0.102. The van der Waals surface area contributed by atoms with Gasteiger partial charge < -0.3 is 10.2 Å². The van der Waals surface area contributed by atoms with E-state index in [1.54, 1.807) is 19.0 Å². The molecule has 1 aliphatic rings. The lowest BCUT2D eigenvalue weighted by Crippen LogP contribution is -2.36. The molecule has 92 valence electrons. The summed E-state index contributed by atoms with van der Waals surface area (Å²) >= 11 is 0. The van der Waals surface area contributed by atoms with Crippen LogP contribution >= 0.6 is 0 Å². The third-order valence-electron chi connectivity index (χ3n) is 3.29. The van der Waals surface area contributed by atoms with Crippen molar-refractivity contribution >= 4 is 11.6 Å². The fourth-order valence-corrected chi connectivity index (χ4v) is 2.36. The molecule has 1 unspecified atom stereocenters. The van der Waals surface area contributed by atoms with E-state index in [0.29, 0.717) is 0 Å². The Balaban J connectivity index is 2.06. The summed E-state index contributed by atoms with van der Waals surface area (Å²) in [6.07, 6.45) is 3.62. The Morgan fingerprint density at radius 1 is 1.29 bits per heavy atom. The maximum atomic E-state index is 11.7. The van der Waals surface area contributed by atoms with Crippen molar-refractivity contribution in [3.63, 3.8) is 0 Å². The lowest BCUT2D eigenvalue weighted by Gasteiger charge is -2.19. The normalized spacial score (nSPS) is 15.2. The highest BCUT2D eigenvalue weighted by Crippen LogP contribution is 2.25. The number of amides is 1. The summed E-state index contributed by atoms with van der Waals surface area (Å²) in [4.78, 5) is 13.4. The Labute approximate surface area is 103 Å². The zero-order valence-corrected chi connectivity index (χ0v) is 10.8. The van der Waals surface area contributed by atoms with Gasteiger partial charge in [0.25, 0.3) is 0 Å². The summed E-state index contributed by atoms with van der Waals surface area (Å²) in [6.45, 7) is 1.90. The molecular weight excluding hydrogens is 212 g/mol. The summed E-state index contributed by atoms with van der Waals surface area (Å²) < 4.78 is 0. The summed E-state index contributed by atoms with van der Waals surface area (Å²) in [5, 5.41) is 3.26. The van der Waals surface area contributed by atoms with E-state index in [9.17, 15) is 4.79 Å². The monoisotopic (exact) mass is 232 g/mol. The number of rotatable bonds is 3. The molecule has 0 radical (unpaired) electrons. The van der Waals surface area contributed by atoms with Crippen molar-refractivity contribution in [1.82, 2.24) is 4.90 Å². The van der Waals surface area contributed by atoms with Crippen LogP contribution in [0.5, 0.6) is 0 Å². The molecule has 1 aromatic carbocycles. The largest absolute Gasteiger partial charge is 0.374 e. The van der Waals surface area contributed by atoms with Crippen molar-refractivity contribution in [1.29, 1.82) is 0 Å². The van der Waals surface area contributed by atoms with Gasteiger partial charge in [-0.2, -0.15) is 0 Å². The molecule has 1 amide bonds. The van der Waals surface area contributed by atoms with E-state index < -0.39 is 0 Å². The van der Waals surface area contributed by atoms with Gasteiger partial charge in [-0.15, -0.1) is 0 Å². The number of carbonyl (C=O) groups is 1. The number of aryl methyl sites for hydroxylation is 2. The number of anilines is 1. The maximum Gasteiger partial charge on any atom is 0.244 e. The van der Waals surface area contributed by atoms with Gasteiger partial charge in [0.2, 0.25) is 5.91 Å². The molecule has 0 fully saturated rings. The SMILES string of the molecule is CC(Nc1ccc2c(c1)CCC2)C(=O)N(C)C. The number of carbonyl (C=O) groups excluding carboxylic acids is 1. The molecular formula is C14H20N2O. The Bertz CT molecular complexity index is 426. The molecule has 0 aliphatic heterocycles. The van der Waals surface area contributed by atoms with Crippen molar-refractivity contribution in [2.75, 3.05) is 19.4 Å². The van der Waals surface area contributed by atoms with Crippen LogP contribution in [0.2, 0.25) is 0 Å². The van der Waals surface area contributed by atoms with Gasteiger partial charge in [0.1, 0.15) is 6.04 Å². The lowest BCUT2D eigenvalue weighted by atomic mass is 10.1. The Kier molecular flexibility index (Phi) is 3.36. The van der Waals surface area contributed by atoms with Gasteiger partial charge in [-0.25, -0.2) is 0 Å². The van der Waals surface area contributed by atoms with Crippen molar-refractivity contribution in [3.8, 4) is 0 Å². The second kappa shape index (κ2) is 4.78. The minimum Gasteiger partial charge on any atom is -0.374 e. The van der Waals surface area contributed by atoms with Crippen LogP contribution in [0.15, 0.2) is 18.2 Å². The van der Waals surface area contributed by atoms with E-state index in [1.807, 2.05) is 6.92 Å². The average Bonchev–Trinajstić information content (AvgIpc) is 2.74. The number of likely N-dealkylation sites (N-methyl/N-ethyl adjacent to an activating group) is 1. The fourth-order valence-electron chi connectivity index (χ4n) is 2.36. The fraction of sp³-hybridized carbons (Fsp3) is 0.500. The summed E-state index contributed by atoms with van der Waals surface area (Å²) in [5.41, 5.74) is 3.94. The minimum absolute atomic E-state index is 0.102. The average molecular weight is 232 g/mol. The van der Waals surface area contributed by atoms with E-state index in [0.717, 1.165) is 5.69 Å². The number of hydrogen-bond donors (Lipinski definition) is 1. The van der Waals surface area contributed by atoms with Crippen molar-refractivity contribution in [2.24, 2.45) is 0 Å². The highest BCUT2D eigenvalue weighted by Gasteiger charge is 2.16. The molecule has 1 atom stereocenters. The van der Waals surface area contributed by atoms with E-state index in [-0.39, 0.29) is 11.9 Å². The molecule has 17 heavy (non-hydrogen) atoms. The summed E-state index contributed by atoms with van der Waals surface area (Å²) in [6, 6.07) is 6.26. The van der Waals surface area contributed by atoms with Crippen LogP contribution in [0, 0.1) is 0 Å². The first-order chi connectivity index (χ1) is 8.08. The zero-order chi connectivity index (χ0) is 12.4.